The van der Waals surface area contributed by atoms with Gasteiger partial charge in [0.25, 0.3) is 0 Å². The minimum Gasteiger partial charge on any atom is -0.311 e. The minimum atomic E-state index is 0.741. The van der Waals surface area contributed by atoms with Crippen LogP contribution in [0, 0.1) is 6.92 Å². The molecular formula is C37H26N2OS2. The van der Waals surface area contributed by atoms with E-state index in [1.54, 1.807) is 11.3 Å². The van der Waals surface area contributed by atoms with Gasteiger partial charge in [-0.3, -0.25) is 4.79 Å². The molecule has 7 rings (SSSR count). The van der Waals surface area contributed by atoms with Gasteiger partial charge in [0.15, 0.2) is 6.29 Å². The smallest absolute Gasteiger partial charge is 0.160 e. The van der Waals surface area contributed by atoms with E-state index in [1.165, 1.54) is 27.2 Å². The first-order valence-corrected chi connectivity index (χ1v) is 15.4. The number of carbonyl (C=O) groups is 1. The molecule has 7 aromatic rings. The number of hydrogen-bond donors (Lipinski definition) is 0. The molecule has 2 heterocycles. The summed E-state index contributed by atoms with van der Waals surface area (Å²) in [4.78, 5) is 20.2. The summed E-state index contributed by atoms with van der Waals surface area (Å²) in [5.41, 5.74) is 10.1. The Kier molecular flexibility index (Phi) is 6.96. The summed E-state index contributed by atoms with van der Waals surface area (Å²) >= 11 is 3.25. The van der Waals surface area contributed by atoms with E-state index in [-0.39, 0.29) is 0 Å². The van der Waals surface area contributed by atoms with Gasteiger partial charge in [-0.15, -0.1) is 22.7 Å². The first-order valence-electron chi connectivity index (χ1n) is 13.7. The number of anilines is 3. The third-order valence-corrected chi connectivity index (χ3v) is 9.40. The number of para-hydroxylation sites is 2. The number of aldehydes is 1. The summed E-state index contributed by atoms with van der Waals surface area (Å²) in [6.45, 7) is 2.07. The summed E-state index contributed by atoms with van der Waals surface area (Å²) in [6.07, 6.45) is 0.904. The Balaban J connectivity index is 1.24. The van der Waals surface area contributed by atoms with Gasteiger partial charge in [-0.05, 0) is 72.1 Å². The largest absolute Gasteiger partial charge is 0.311 e. The Morgan fingerprint density at radius 2 is 1.12 bits per heavy atom. The SMILES string of the molecule is Cc1nc2c(-c3ccc(-c4ccc(C=O)s4)cc3)ccc(-c3ccc(N(c4ccccc4)c4ccccc4)cc3)c2s1. The fraction of sp³-hybridized carbons (Fsp3) is 0.0270. The Labute approximate surface area is 253 Å². The van der Waals surface area contributed by atoms with Gasteiger partial charge in [0.05, 0.1) is 20.1 Å². The van der Waals surface area contributed by atoms with Gasteiger partial charge in [-0.25, -0.2) is 4.98 Å². The highest BCUT2D eigenvalue weighted by atomic mass is 32.1. The molecule has 0 amide bonds. The van der Waals surface area contributed by atoms with Crippen LogP contribution in [0.1, 0.15) is 14.7 Å². The Bertz CT molecular complexity index is 1950. The minimum absolute atomic E-state index is 0.741. The summed E-state index contributed by atoms with van der Waals surface area (Å²) in [5.74, 6) is 0. The van der Waals surface area contributed by atoms with Crippen LogP contribution in [-0.2, 0) is 0 Å². The van der Waals surface area contributed by atoms with E-state index < -0.39 is 0 Å². The van der Waals surface area contributed by atoms with Crippen LogP contribution in [0.5, 0.6) is 0 Å². The molecule has 0 atom stereocenters. The number of thiophene rings is 1. The summed E-state index contributed by atoms with van der Waals surface area (Å²) in [5, 5.41) is 1.05. The molecule has 42 heavy (non-hydrogen) atoms. The standard InChI is InChI=1S/C37H26N2OS2/c1-25-38-36-33(26-12-14-28(15-13-26)35-23-20-32(24-40)42-35)21-22-34(37(36)41-25)27-16-18-31(19-17-27)39(29-8-4-2-5-9-29)30-10-6-3-7-11-30/h2-24H,1H3. The van der Waals surface area contributed by atoms with Crippen LogP contribution in [0.25, 0.3) is 42.9 Å². The van der Waals surface area contributed by atoms with Crippen LogP contribution in [0.2, 0.25) is 0 Å². The number of rotatable bonds is 7. The van der Waals surface area contributed by atoms with E-state index in [1.807, 2.05) is 24.3 Å². The molecule has 0 saturated heterocycles. The van der Waals surface area contributed by atoms with Gasteiger partial charge >= 0.3 is 0 Å². The topological polar surface area (TPSA) is 33.2 Å². The molecule has 5 aromatic carbocycles. The molecule has 5 heteroatoms. The quantitative estimate of drug-likeness (QED) is 0.176. The zero-order valence-electron chi connectivity index (χ0n) is 22.9. The van der Waals surface area contributed by atoms with Crippen molar-refractivity contribution < 1.29 is 4.79 Å². The second-order valence-electron chi connectivity index (χ2n) is 10.0. The van der Waals surface area contributed by atoms with E-state index in [0.29, 0.717) is 0 Å². The van der Waals surface area contributed by atoms with E-state index in [2.05, 4.69) is 121 Å². The second-order valence-corrected chi connectivity index (χ2v) is 12.3. The lowest BCUT2D eigenvalue weighted by Gasteiger charge is -2.25. The Morgan fingerprint density at radius 1 is 0.571 bits per heavy atom. The molecule has 0 N–H and O–H groups in total. The fourth-order valence-electron chi connectivity index (χ4n) is 5.35. The van der Waals surface area contributed by atoms with Crippen molar-refractivity contribution in [1.82, 2.24) is 4.98 Å². The van der Waals surface area contributed by atoms with Crippen LogP contribution in [0.4, 0.5) is 17.1 Å². The lowest BCUT2D eigenvalue weighted by atomic mass is 9.98. The highest BCUT2D eigenvalue weighted by Crippen LogP contribution is 2.41. The van der Waals surface area contributed by atoms with Gasteiger partial charge < -0.3 is 4.90 Å². The highest BCUT2D eigenvalue weighted by Gasteiger charge is 2.16. The summed E-state index contributed by atoms with van der Waals surface area (Å²) < 4.78 is 1.19. The normalized spacial score (nSPS) is 11.1. The van der Waals surface area contributed by atoms with Gasteiger partial charge in [0.1, 0.15) is 0 Å². The average Bonchev–Trinajstić information content (AvgIpc) is 3.69. The fourth-order valence-corrected chi connectivity index (χ4v) is 7.16. The van der Waals surface area contributed by atoms with Crippen LogP contribution in [-0.4, -0.2) is 11.3 Å². The van der Waals surface area contributed by atoms with E-state index in [0.717, 1.165) is 60.3 Å². The first kappa shape index (κ1) is 26.1. The number of carbonyl (C=O) groups excluding carboxylic acids is 1. The molecule has 0 bridgehead atoms. The molecule has 0 aliphatic heterocycles. The molecule has 3 nitrogen and oxygen atoms in total. The van der Waals surface area contributed by atoms with Gasteiger partial charge in [0.2, 0.25) is 0 Å². The Morgan fingerprint density at radius 3 is 1.74 bits per heavy atom. The van der Waals surface area contributed by atoms with Gasteiger partial charge in [-0.2, -0.15) is 0 Å². The molecule has 0 radical (unpaired) electrons. The third-order valence-electron chi connectivity index (χ3n) is 7.34. The number of thiazole rings is 1. The zero-order valence-corrected chi connectivity index (χ0v) is 24.5. The number of nitrogens with zero attached hydrogens (tertiary/aromatic N) is 2. The molecule has 0 saturated carbocycles. The van der Waals surface area contributed by atoms with Gasteiger partial charge in [0, 0.05) is 33.1 Å². The summed E-state index contributed by atoms with van der Waals surface area (Å²) in [6, 6.07) is 46.6. The molecule has 0 fully saturated rings. The maximum Gasteiger partial charge on any atom is 0.160 e. The van der Waals surface area contributed by atoms with Crippen molar-refractivity contribution in [3.8, 4) is 32.7 Å². The maximum atomic E-state index is 11.1. The van der Waals surface area contributed by atoms with Crippen molar-refractivity contribution in [2.45, 2.75) is 6.92 Å². The highest BCUT2D eigenvalue weighted by molar-refractivity contribution is 7.19. The van der Waals surface area contributed by atoms with Crippen molar-refractivity contribution in [3.05, 3.63) is 143 Å². The molecule has 0 aliphatic carbocycles. The average molecular weight is 579 g/mol. The van der Waals surface area contributed by atoms with Crippen LogP contribution in [0.3, 0.4) is 0 Å². The number of benzene rings is 5. The molecule has 0 spiro atoms. The molecule has 0 aliphatic rings. The van der Waals surface area contributed by atoms with Crippen LogP contribution in [0.15, 0.2) is 133 Å². The van der Waals surface area contributed by atoms with Crippen molar-refractivity contribution in [3.63, 3.8) is 0 Å². The molecular weight excluding hydrogens is 553 g/mol. The maximum absolute atomic E-state index is 11.1. The Hall–Kier alpha value is -4.84. The van der Waals surface area contributed by atoms with E-state index >= 15 is 0 Å². The summed E-state index contributed by atoms with van der Waals surface area (Å²) in [7, 11) is 0. The van der Waals surface area contributed by atoms with E-state index in [9.17, 15) is 4.79 Å². The van der Waals surface area contributed by atoms with Crippen LogP contribution >= 0.6 is 22.7 Å². The van der Waals surface area contributed by atoms with Crippen LogP contribution < -0.4 is 4.90 Å². The third kappa shape index (κ3) is 4.94. The number of aromatic nitrogens is 1. The molecule has 2 aromatic heterocycles. The van der Waals surface area contributed by atoms with Crippen molar-refractivity contribution >= 4 is 56.2 Å². The van der Waals surface area contributed by atoms with E-state index in [4.69, 9.17) is 4.98 Å². The monoisotopic (exact) mass is 578 g/mol. The molecule has 0 unspecified atom stereocenters. The van der Waals surface area contributed by atoms with Crippen molar-refractivity contribution in [2.75, 3.05) is 4.90 Å². The zero-order chi connectivity index (χ0) is 28.5. The predicted molar refractivity (Wildman–Crippen MR) is 179 cm³/mol. The second kappa shape index (κ2) is 11.2. The number of fused-ring (bicyclic) bond motifs is 1. The van der Waals surface area contributed by atoms with Crippen molar-refractivity contribution in [1.29, 1.82) is 0 Å². The lowest BCUT2D eigenvalue weighted by Crippen LogP contribution is -2.09. The van der Waals surface area contributed by atoms with Gasteiger partial charge in [-0.1, -0.05) is 84.9 Å². The number of hydrogen-bond acceptors (Lipinski definition) is 5. The van der Waals surface area contributed by atoms with Crippen molar-refractivity contribution in [2.24, 2.45) is 0 Å². The first-order chi connectivity index (χ1) is 20.7. The molecule has 202 valence electrons. The number of aryl methyl sites for hydroxylation is 1. The lowest BCUT2D eigenvalue weighted by molar-refractivity contribution is 0.112. The predicted octanol–water partition coefficient (Wildman–Crippen LogP) is 10.9.